The van der Waals surface area contributed by atoms with Gasteiger partial charge in [0, 0.05) is 6.04 Å². The van der Waals surface area contributed by atoms with E-state index in [1.165, 1.54) is 12.5 Å². The van der Waals surface area contributed by atoms with Gasteiger partial charge in [0.15, 0.2) is 0 Å². The first-order valence-corrected chi connectivity index (χ1v) is 6.64. The lowest BCUT2D eigenvalue weighted by atomic mass is 9.76. The normalized spacial score (nSPS) is 29.3. The van der Waals surface area contributed by atoms with Gasteiger partial charge >= 0.3 is 0 Å². The van der Waals surface area contributed by atoms with Crippen LogP contribution in [0.5, 0.6) is 0 Å². The van der Waals surface area contributed by atoms with Gasteiger partial charge in [-0.15, -0.1) is 0 Å². The van der Waals surface area contributed by atoms with Crippen molar-refractivity contribution in [2.24, 2.45) is 17.6 Å². The molecule has 1 nitrogen and oxygen atoms in total. The van der Waals surface area contributed by atoms with Crippen molar-refractivity contribution in [3.8, 4) is 0 Å². The molecular weight excluding hydrogens is 237 g/mol. The molecule has 1 fully saturated rings. The van der Waals surface area contributed by atoms with Gasteiger partial charge in [-0.05, 0) is 49.1 Å². The molecule has 94 valence electrons. The Labute approximate surface area is 107 Å². The molecule has 1 aliphatic carbocycles. The topological polar surface area (TPSA) is 26.0 Å². The zero-order valence-corrected chi connectivity index (χ0v) is 10.9. The summed E-state index contributed by atoms with van der Waals surface area (Å²) < 4.78 is 13.3. The van der Waals surface area contributed by atoms with E-state index in [0.717, 1.165) is 24.8 Å². The summed E-state index contributed by atoms with van der Waals surface area (Å²) in [6.07, 6.45) is 4.18. The Kier molecular flexibility index (Phi) is 4.05. The molecule has 1 saturated carbocycles. The second-order valence-electron chi connectivity index (χ2n) is 5.26. The predicted octanol–water partition coefficient (Wildman–Crippen LogP) is 3.79. The zero-order chi connectivity index (χ0) is 12.4. The van der Waals surface area contributed by atoms with Crippen molar-refractivity contribution < 1.29 is 4.39 Å². The minimum Gasteiger partial charge on any atom is -0.327 e. The van der Waals surface area contributed by atoms with Crippen LogP contribution in [-0.2, 0) is 6.42 Å². The maximum absolute atomic E-state index is 13.3. The highest BCUT2D eigenvalue weighted by Crippen LogP contribution is 2.32. The zero-order valence-electron chi connectivity index (χ0n) is 10.1. The van der Waals surface area contributed by atoms with E-state index in [2.05, 4.69) is 6.92 Å². The average Bonchev–Trinajstić information content (AvgIpc) is 2.30. The van der Waals surface area contributed by atoms with Gasteiger partial charge in [-0.25, -0.2) is 4.39 Å². The SMILES string of the molecule is CC1CCC(N)C(Cc2cccc(F)c2Cl)C1. The van der Waals surface area contributed by atoms with E-state index in [9.17, 15) is 4.39 Å². The first kappa shape index (κ1) is 12.8. The molecule has 3 unspecified atom stereocenters. The summed E-state index contributed by atoms with van der Waals surface area (Å²) in [5.74, 6) is 0.812. The van der Waals surface area contributed by atoms with Crippen LogP contribution in [0.25, 0.3) is 0 Å². The molecule has 2 N–H and O–H groups in total. The second kappa shape index (κ2) is 5.36. The molecule has 0 amide bonds. The lowest BCUT2D eigenvalue weighted by Crippen LogP contribution is -2.36. The summed E-state index contributed by atoms with van der Waals surface area (Å²) in [5, 5.41) is 0.262. The Morgan fingerprint density at radius 2 is 2.18 bits per heavy atom. The van der Waals surface area contributed by atoms with E-state index < -0.39 is 0 Å². The Morgan fingerprint density at radius 3 is 2.94 bits per heavy atom. The number of rotatable bonds is 2. The summed E-state index contributed by atoms with van der Waals surface area (Å²) >= 11 is 5.98. The van der Waals surface area contributed by atoms with Gasteiger partial charge in [0.1, 0.15) is 5.82 Å². The molecule has 0 aliphatic heterocycles. The van der Waals surface area contributed by atoms with Gasteiger partial charge in [0.25, 0.3) is 0 Å². The predicted molar refractivity (Wildman–Crippen MR) is 69.6 cm³/mol. The monoisotopic (exact) mass is 255 g/mol. The third-order valence-corrected chi connectivity index (χ3v) is 4.24. The molecule has 1 aliphatic rings. The largest absolute Gasteiger partial charge is 0.327 e. The van der Waals surface area contributed by atoms with Gasteiger partial charge in [-0.2, -0.15) is 0 Å². The van der Waals surface area contributed by atoms with E-state index in [0.29, 0.717) is 11.8 Å². The molecule has 0 radical (unpaired) electrons. The van der Waals surface area contributed by atoms with Crippen LogP contribution in [0.4, 0.5) is 4.39 Å². The highest BCUT2D eigenvalue weighted by molar-refractivity contribution is 6.31. The van der Waals surface area contributed by atoms with E-state index in [1.807, 2.05) is 6.07 Å². The fourth-order valence-electron chi connectivity index (χ4n) is 2.75. The average molecular weight is 256 g/mol. The van der Waals surface area contributed by atoms with Gasteiger partial charge in [0.05, 0.1) is 5.02 Å². The summed E-state index contributed by atoms with van der Waals surface area (Å²) in [7, 11) is 0. The van der Waals surface area contributed by atoms with Crippen molar-refractivity contribution in [2.45, 2.75) is 38.6 Å². The number of halogens is 2. The molecule has 0 spiro atoms. The number of hydrogen-bond donors (Lipinski definition) is 1. The van der Waals surface area contributed by atoms with Crippen LogP contribution in [0.3, 0.4) is 0 Å². The van der Waals surface area contributed by atoms with Crippen LogP contribution in [0.2, 0.25) is 5.02 Å². The highest BCUT2D eigenvalue weighted by atomic mass is 35.5. The van der Waals surface area contributed by atoms with Crippen molar-refractivity contribution >= 4 is 11.6 Å². The molecule has 0 heterocycles. The van der Waals surface area contributed by atoms with Gasteiger partial charge < -0.3 is 5.73 Å². The maximum atomic E-state index is 13.3. The van der Waals surface area contributed by atoms with Crippen molar-refractivity contribution in [3.05, 3.63) is 34.6 Å². The molecule has 3 atom stereocenters. The van der Waals surface area contributed by atoms with Crippen LogP contribution >= 0.6 is 11.6 Å². The standard InChI is InChI=1S/C14H19ClFN/c1-9-5-6-13(17)11(7-9)8-10-3-2-4-12(16)14(10)15/h2-4,9,11,13H,5-8,17H2,1H3. The molecule has 2 rings (SSSR count). The number of hydrogen-bond acceptors (Lipinski definition) is 1. The highest BCUT2D eigenvalue weighted by Gasteiger charge is 2.26. The Hall–Kier alpha value is -0.600. The Bertz CT molecular complexity index is 394. The van der Waals surface area contributed by atoms with E-state index >= 15 is 0 Å². The van der Waals surface area contributed by atoms with Crippen molar-refractivity contribution in [1.29, 1.82) is 0 Å². The number of benzene rings is 1. The van der Waals surface area contributed by atoms with Gasteiger partial charge in [0.2, 0.25) is 0 Å². The molecule has 1 aromatic carbocycles. The quantitative estimate of drug-likeness (QED) is 0.855. The molecule has 0 saturated heterocycles. The molecular formula is C14H19ClFN. The molecule has 0 bridgehead atoms. The summed E-state index contributed by atoms with van der Waals surface area (Å²) in [6.45, 7) is 2.26. The first-order valence-electron chi connectivity index (χ1n) is 6.26. The van der Waals surface area contributed by atoms with Crippen molar-refractivity contribution in [2.75, 3.05) is 0 Å². The van der Waals surface area contributed by atoms with Crippen LogP contribution < -0.4 is 5.73 Å². The van der Waals surface area contributed by atoms with Crippen LogP contribution in [0, 0.1) is 17.7 Å². The minimum absolute atomic E-state index is 0.227. The Balaban J connectivity index is 2.11. The van der Waals surface area contributed by atoms with Gasteiger partial charge in [-0.1, -0.05) is 30.7 Å². The van der Waals surface area contributed by atoms with Gasteiger partial charge in [-0.3, -0.25) is 0 Å². The molecule has 1 aromatic rings. The lowest BCUT2D eigenvalue weighted by molar-refractivity contribution is 0.244. The lowest BCUT2D eigenvalue weighted by Gasteiger charge is -2.32. The second-order valence-corrected chi connectivity index (χ2v) is 5.64. The third kappa shape index (κ3) is 2.99. The van der Waals surface area contributed by atoms with Crippen LogP contribution in [0.1, 0.15) is 31.7 Å². The fourth-order valence-corrected chi connectivity index (χ4v) is 2.95. The summed E-state index contributed by atoms with van der Waals surface area (Å²) in [4.78, 5) is 0. The summed E-state index contributed by atoms with van der Waals surface area (Å²) in [6, 6.07) is 5.24. The first-order chi connectivity index (χ1) is 8.08. The van der Waals surface area contributed by atoms with Crippen LogP contribution in [0.15, 0.2) is 18.2 Å². The fraction of sp³-hybridized carbons (Fsp3) is 0.571. The Morgan fingerprint density at radius 1 is 1.41 bits per heavy atom. The third-order valence-electron chi connectivity index (χ3n) is 3.82. The van der Waals surface area contributed by atoms with Crippen molar-refractivity contribution in [3.63, 3.8) is 0 Å². The minimum atomic E-state index is -0.332. The molecule has 0 aromatic heterocycles. The van der Waals surface area contributed by atoms with Crippen molar-refractivity contribution in [1.82, 2.24) is 0 Å². The van der Waals surface area contributed by atoms with E-state index in [-0.39, 0.29) is 16.9 Å². The van der Waals surface area contributed by atoms with E-state index in [4.69, 9.17) is 17.3 Å². The maximum Gasteiger partial charge on any atom is 0.142 e. The van der Waals surface area contributed by atoms with E-state index in [1.54, 1.807) is 6.07 Å². The smallest absolute Gasteiger partial charge is 0.142 e. The molecule has 3 heteroatoms. The van der Waals surface area contributed by atoms with Crippen LogP contribution in [-0.4, -0.2) is 6.04 Å². The number of nitrogens with two attached hydrogens (primary N) is 1. The summed E-state index contributed by atoms with van der Waals surface area (Å²) in [5.41, 5.74) is 7.03. The molecule has 17 heavy (non-hydrogen) atoms.